The molecule has 0 aliphatic heterocycles. The van der Waals surface area contributed by atoms with Crippen LogP contribution in [0.5, 0.6) is 0 Å². The van der Waals surface area contributed by atoms with Crippen molar-refractivity contribution in [2.24, 2.45) is 0 Å². The number of nitrogens with one attached hydrogen (secondary N) is 1. The first kappa shape index (κ1) is 10.4. The van der Waals surface area contributed by atoms with E-state index in [1.807, 2.05) is 0 Å². The van der Waals surface area contributed by atoms with Crippen molar-refractivity contribution in [2.75, 3.05) is 5.84 Å². The van der Waals surface area contributed by atoms with Crippen LogP contribution in [0.3, 0.4) is 0 Å². The van der Waals surface area contributed by atoms with E-state index >= 15 is 0 Å². The van der Waals surface area contributed by atoms with Crippen LogP contribution in [0.1, 0.15) is 38.3 Å². The third kappa shape index (κ3) is 1.58. The smallest absolute Gasteiger partial charge is 0.295 e. The third-order valence-electron chi connectivity index (χ3n) is 3.18. The summed E-state index contributed by atoms with van der Waals surface area (Å²) < 4.78 is 1.12. The summed E-state index contributed by atoms with van der Waals surface area (Å²) >= 11 is 4.83. The van der Waals surface area contributed by atoms with Crippen molar-refractivity contribution in [1.82, 2.24) is 14.9 Å². The molecule has 0 unspecified atom stereocenters. The molecule has 1 fully saturated rings. The summed E-state index contributed by atoms with van der Waals surface area (Å²) in [6.07, 6.45) is 4.25. The zero-order chi connectivity index (χ0) is 11.1. The number of nitrogens with zero attached hydrogens (tertiary/aromatic N) is 2. The number of hydrogen-bond acceptors (Lipinski definition) is 4. The Morgan fingerprint density at radius 3 is 2.73 bits per heavy atom. The van der Waals surface area contributed by atoms with Crippen molar-refractivity contribution in [3.05, 3.63) is 20.8 Å². The highest BCUT2D eigenvalue weighted by molar-refractivity contribution is 7.71. The highest BCUT2D eigenvalue weighted by Gasteiger charge is 2.35. The molecule has 82 valence electrons. The largest absolute Gasteiger partial charge is 0.334 e. The lowest BCUT2D eigenvalue weighted by atomic mass is 9.85. The monoisotopic (exact) mass is 226 g/mol. The molecule has 1 aromatic rings. The maximum atomic E-state index is 11.9. The quantitative estimate of drug-likeness (QED) is 0.549. The van der Waals surface area contributed by atoms with E-state index in [4.69, 9.17) is 18.1 Å². The number of rotatable bonds is 1. The minimum Gasteiger partial charge on any atom is -0.334 e. The zero-order valence-electron chi connectivity index (χ0n) is 8.62. The van der Waals surface area contributed by atoms with E-state index in [1.165, 1.54) is 0 Å². The van der Waals surface area contributed by atoms with Crippen molar-refractivity contribution in [3.63, 3.8) is 0 Å². The molecule has 2 rings (SSSR count). The van der Waals surface area contributed by atoms with Crippen molar-refractivity contribution in [1.29, 1.82) is 0 Å². The van der Waals surface area contributed by atoms with E-state index in [9.17, 15) is 4.79 Å². The Morgan fingerprint density at radius 1 is 1.53 bits per heavy atom. The van der Waals surface area contributed by atoms with Gasteiger partial charge in [0.25, 0.3) is 5.56 Å². The highest BCUT2D eigenvalue weighted by atomic mass is 32.1. The van der Waals surface area contributed by atoms with Gasteiger partial charge in [-0.1, -0.05) is 19.8 Å². The summed E-state index contributed by atoms with van der Waals surface area (Å²) in [5.41, 5.74) is 0.0943. The molecule has 0 aromatic carbocycles. The van der Waals surface area contributed by atoms with Gasteiger partial charge in [0.2, 0.25) is 4.77 Å². The molecule has 0 bridgehead atoms. The minimum absolute atomic E-state index is 0.141. The van der Waals surface area contributed by atoms with Crippen LogP contribution < -0.4 is 11.4 Å². The van der Waals surface area contributed by atoms with Crippen molar-refractivity contribution < 1.29 is 0 Å². The van der Waals surface area contributed by atoms with Gasteiger partial charge in [0.15, 0.2) is 0 Å². The fraction of sp³-hybridized carbons (Fsp3) is 0.667. The van der Waals surface area contributed by atoms with Crippen LogP contribution >= 0.6 is 12.2 Å². The normalized spacial score (nSPS) is 19.3. The second-order valence-corrected chi connectivity index (χ2v) is 4.71. The Kier molecular flexibility index (Phi) is 2.38. The van der Waals surface area contributed by atoms with Crippen LogP contribution in [0.4, 0.5) is 0 Å². The van der Waals surface area contributed by atoms with E-state index in [0.29, 0.717) is 5.69 Å². The standard InChI is InChI=1S/C9H14N4OS/c1-9(4-2-3-5-9)6-7(14)13(10)8(15)12-11-6/h2-5,10H2,1H3,(H,12,15). The van der Waals surface area contributed by atoms with Crippen molar-refractivity contribution in [3.8, 4) is 0 Å². The van der Waals surface area contributed by atoms with E-state index in [-0.39, 0.29) is 15.7 Å². The third-order valence-corrected chi connectivity index (χ3v) is 3.47. The number of H-pyrrole nitrogens is 1. The second-order valence-electron chi connectivity index (χ2n) is 4.32. The first-order chi connectivity index (χ1) is 7.04. The van der Waals surface area contributed by atoms with E-state index in [2.05, 4.69) is 17.1 Å². The molecule has 6 heteroatoms. The van der Waals surface area contributed by atoms with Gasteiger partial charge in [-0.2, -0.15) is 9.77 Å². The van der Waals surface area contributed by atoms with Gasteiger partial charge in [0.1, 0.15) is 5.69 Å². The fourth-order valence-electron chi connectivity index (χ4n) is 2.20. The van der Waals surface area contributed by atoms with E-state index < -0.39 is 0 Å². The lowest BCUT2D eigenvalue weighted by Gasteiger charge is -2.21. The summed E-state index contributed by atoms with van der Waals surface area (Å²) in [6.45, 7) is 2.06. The molecule has 0 amide bonds. The van der Waals surface area contributed by atoms with E-state index in [0.717, 1.165) is 30.4 Å². The molecule has 15 heavy (non-hydrogen) atoms. The Hall–Kier alpha value is -1.17. The molecule has 0 atom stereocenters. The van der Waals surface area contributed by atoms with E-state index in [1.54, 1.807) is 0 Å². The van der Waals surface area contributed by atoms with Crippen LogP contribution in [0, 0.1) is 4.77 Å². The van der Waals surface area contributed by atoms with Crippen LogP contribution in [0.2, 0.25) is 0 Å². The molecule has 1 saturated carbocycles. The zero-order valence-corrected chi connectivity index (χ0v) is 9.43. The maximum Gasteiger partial charge on any atom is 0.295 e. The molecule has 0 spiro atoms. The number of hydrogen-bond donors (Lipinski definition) is 2. The predicted molar refractivity (Wildman–Crippen MR) is 59.7 cm³/mol. The van der Waals surface area contributed by atoms with Gasteiger partial charge in [-0.25, -0.2) is 0 Å². The first-order valence-corrected chi connectivity index (χ1v) is 5.43. The average molecular weight is 226 g/mol. The van der Waals surface area contributed by atoms with Gasteiger partial charge in [-0.3, -0.25) is 9.89 Å². The number of nitrogens with two attached hydrogens (primary N) is 1. The minimum atomic E-state index is -0.275. The highest BCUT2D eigenvalue weighted by Crippen LogP contribution is 2.37. The maximum absolute atomic E-state index is 11.9. The Bertz CT molecular complexity index is 484. The Balaban J connectivity index is 2.59. The lowest BCUT2D eigenvalue weighted by molar-refractivity contribution is 0.455. The first-order valence-electron chi connectivity index (χ1n) is 5.02. The van der Waals surface area contributed by atoms with Crippen LogP contribution in [0.25, 0.3) is 0 Å². The summed E-state index contributed by atoms with van der Waals surface area (Å²) in [7, 11) is 0. The molecule has 1 aromatic heterocycles. The van der Waals surface area contributed by atoms with Gasteiger partial charge in [0.05, 0.1) is 0 Å². The number of aromatic nitrogens is 3. The molecule has 1 aliphatic rings. The number of aromatic amines is 1. The molecule has 3 N–H and O–H groups in total. The van der Waals surface area contributed by atoms with Crippen LogP contribution in [-0.2, 0) is 5.41 Å². The average Bonchev–Trinajstić information content (AvgIpc) is 2.62. The molecular formula is C9H14N4OS. The second kappa shape index (κ2) is 3.44. The van der Waals surface area contributed by atoms with Crippen molar-refractivity contribution in [2.45, 2.75) is 38.0 Å². The van der Waals surface area contributed by atoms with Gasteiger partial charge in [-0.15, -0.1) is 0 Å². The Morgan fingerprint density at radius 2 is 2.13 bits per heavy atom. The molecule has 0 radical (unpaired) electrons. The molecule has 1 heterocycles. The lowest BCUT2D eigenvalue weighted by Crippen LogP contribution is -2.38. The summed E-state index contributed by atoms with van der Waals surface area (Å²) in [6, 6.07) is 0. The van der Waals surface area contributed by atoms with Crippen LogP contribution in [-0.4, -0.2) is 14.9 Å². The van der Waals surface area contributed by atoms with Gasteiger partial charge in [-0.05, 0) is 25.1 Å². The number of nitrogen functional groups attached to an aromatic ring is 1. The summed E-state index contributed by atoms with van der Waals surface area (Å²) in [4.78, 5) is 11.9. The predicted octanol–water partition coefficient (Wildman–Crippen LogP) is 0.846. The van der Waals surface area contributed by atoms with Crippen LogP contribution in [0.15, 0.2) is 4.79 Å². The fourth-order valence-corrected chi connectivity index (χ4v) is 2.33. The molecule has 0 saturated heterocycles. The summed E-state index contributed by atoms with van der Waals surface area (Å²) in [5.74, 6) is 5.54. The molecule has 5 nitrogen and oxygen atoms in total. The van der Waals surface area contributed by atoms with Gasteiger partial charge < -0.3 is 5.84 Å². The topological polar surface area (TPSA) is 76.7 Å². The Labute approximate surface area is 92.3 Å². The molecular weight excluding hydrogens is 212 g/mol. The molecule has 1 aliphatic carbocycles. The van der Waals surface area contributed by atoms with Gasteiger partial charge >= 0.3 is 0 Å². The SMILES string of the molecule is CC1(c2n[nH]c(=S)n(N)c2=O)CCCC1. The van der Waals surface area contributed by atoms with Gasteiger partial charge in [0, 0.05) is 5.41 Å². The summed E-state index contributed by atoms with van der Waals surface area (Å²) in [5, 5.41) is 6.66. The van der Waals surface area contributed by atoms with Crippen molar-refractivity contribution >= 4 is 12.2 Å².